The predicted octanol–water partition coefficient (Wildman–Crippen LogP) is 2.83. The van der Waals surface area contributed by atoms with Crippen LogP contribution in [0.5, 0.6) is 0 Å². The number of hydrogen-bond acceptors (Lipinski definition) is 6. The van der Waals surface area contributed by atoms with Gasteiger partial charge in [0.2, 0.25) is 0 Å². The molecule has 3 N–H and O–H groups in total. The Morgan fingerprint density at radius 2 is 1.96 bits per heavy atom. The second-order valence-electron chi connectivity index (χ2n) is 5.48. The summed E-state index contributed by atoms with van der Waals surface area (Å²) in [5.74, 6) is 0. The number of aryl methyl sites for hydroxylation is 1. The highest BCUT2D eigenvalue weighted by Gasteiger charge is 2.20. The first-order valence-corrected chi connectivity index (χ1v) is 8.68. The predicted molar refractivity (Wildman–Crippen MR) is 94.8 cm³/mol. The smallest absolute Gasteiger partial charge is 0.294 e. The summed E-state index contributed by atoms with van der Waals surface area (Å²) in [6, 6.07) is 10.4. The largest absolute Gasteiger partial charge is 0.393 e. The molecule has 1 aromatic heterocycles. The molecule has 128 valence electrons. The summed E-state index contributed by atoms with van der Waals surface area (Å²) >= 11 is 0. The Hall–Kier alpha value is -3.20. The van der Waals surface area contributed by atoms with Crippen LogP contribution in [0.4, 0.5) is 17.1 Å². The summed E-state index contributed by atoms with van der Waals surface area (Å²) in [6.07, 6.45) is 1.58. The molecule has 0 fully saturated rings. The van der Waals surface area contributed by atoms with Gasteiger partial charge >= 0.3 is 0 Å². The Labute approximate surface area is 143 Å². The van der Waals surface area contributed by atoms with E-state index in [1.54, 1.807) is 18.3 Å². The van der Waals surface area contributed by atoms with Gasteiger partial charge in [-0.2, -0.15) is 0 Å². The minimum atomic E-state index is -3.98. The highest BCUT2D eigenvalue weighted by molar-refractivity contribution is 7.93. The monoisotopic (exact) mass is 358 g/mol. The van der Waals surface area contributed by atoms with Crippen LogP contribution in [-0.2, 0) is 10.0 Å². The SMILES string of the molecule is Cc1cnc2c(S(=O)(=O)Nc3ccc(N)c([N+](=O)[O-])c3)cccc2c1. The fourth-order valence-corrected chi connectivity index (χ4v) is 3.67. The lowest BCUT2D eigenvalue weighted by Crippen LogP contribution is -2.14. The third kappa shape index (κ3) is 3.22. The lowest BCUT2D eigenvalue weighted by molar-refractivity contribution is -0.383. The van der Waals surface area contributed by atoms with E-state index in [0.717, 1.165) is 11.6 Å². The van der Waals surface area contributed by atoms with Gasteiger partial charge in [-0.15, -0.1) is 0 Å². The highest BCUT2D eigenvalue weighted by Crippen LogP contribution is 2.28. The number of nitrogens with one attached hydrogen (secondary N) is 1. The standard InChI is InChI=1S/C16H14N4O4S/c1-10-7-11-3-2-4-15(16(11)18-9-10)25(23,24)19-12-5-6-13(17)14(8-12)20(21)22/h2-9,19H,17H2,1H3. The molecule has 0 bridgehead atoms. The van der Waals surface area contributed by atoms with Crippen molar-refractivity contribution in [2.24, 2.45) is 0 Å². The van der Waals surface area contributed by atoms with Crippen molar-refractivity contribution in [1.82, 2.24) is 4.98 Å². The van der Waals surface area contributed by atoms with Crippen LogP contribution >= 0.6 is 0 Å². The average Bonchev–Trinajstić information content (AvgIpc) is 2.55. The third-order valence-electron chi connectivity index (χ3n) is 3.58. The van der Waals surface area contributed by atoms with Crippen LogP contribution in [0.15, 0.2) is 53.6 Å². The normalized spacial score (nSPS) is 11.4. The maximum atomic E-state index is 12.7. The number of hydrogen-bond donors (Lipinski definition) is 2. The van der Waals surface area contributed by atoms with E-state index >= 15 is 0 Å². The van der Waals surface area contributed by atoms with E-state index in [2.05, 4.69) is 9.71 Å². The number of fused-ring (bicyclic) bond motifs is 1. The van der Waals surface area contributed by atoms with E-state index < -0.39 is 14.9 Å². The molecule has 25 heavy (non-hydrogen) atoms. The molecule has 0 aliphatic carbocycles. The molecule has 0 aliphatic heterocycles. The van der Waals surface area contributed by atoms with Gasteiger partial charge in [-0.25, -0.2) is 8.42 Å². The lowest BCUT2D eigenvalue weighted by Gasteiger charge is -2.10. The van der Waals surface area contributed by atoms with Crippen molar-refractivity contribution in [1.29, 1.82) is 0 Å². The number of pyridine rings is 1. The summed E-state index contributed by atoms with van der Waals surface area (Å²) in [5.41, 5.74) is 6.39. The van der Waals surface area contributed by atoms with Crippen LogP contribution in [0, 0.1) is 17.0 Å². The van der Waals surface area contributed by atoms with Gasteiger partial charge in [0.1, 0.15) is 10.6 Å². The molecule has 0 unspecified atom stereocenters. The number of nitrogen functional groups attached to an aromatic ring is 1. The number of para-hydroxylation sites is 1. The van der Waals surface area contributed by atoms with Gasteiger partial charge in [0.15, 0.2) is 0 Å². The molecule has 0 radical (unpaired) electrons. The number of nitro groups is 1. The van der Waals surface area contributed by atoms with Crippen molar-refractivity contribution in [3.05, 3.63) is 64.3 Å². The zero-order chi connectivity index (χ0) is 18.2. The molecule has 0 aliphatic rings. The zero-order valence-electron chi connectivity index (χ0n) is 13.1. The minimum Gasteiger partial charge on any atom is -0.393 e. The van der Waals surface area contributed by atoms with Crippen molar-refractivity contribution in [3.8, 4) is 0 Å². The maximum Gasteiger partial charge on any atom is 0.294 e. The van der Waals surface area contributed by atoms with Crippen molar-refractivity contribution in [3.63, 3.8) is 0 Å². The second-order valence-corrected chi connectivity index (χ2v) is 7.13. The van der Waals surface area contributed by atoms with E-state index in [4.69, 9.17) is 5.73 Å². The van der Waals surface area contributed by atoms with Crippen molar-refractivity contribution < 1.29 is 13.3 Å². The summed E-state index contributed by atoms with van der Waals surface area (Å²) < 4.78 is 27.8. The zero-order valence-corrected chi connectivity index (χ0v) is 13.9. The first-order chi connectivity index (χ1) is 11.8. The second kappa shape index (κ2) is 6.02. The first-order valence-electron chi connectivity index (χ1n) is 7.20. The van der Waals surface area contributed by atoms with Crippen LogP contribution in [0.2, 0.25) is 0 Å². The Morgan fingerprint density at radius 3 is 2.68 bits per heavy atom. The topological polar surface area (TPSA) is 128 Å². The summed E-state index contributed by atoms with van der Waals surface area (Å²) in [7, 11) is -3.98. The number of nitrogens with zero attached hydrogens (tertiary/aromatic N) is 2. The molecule has 8 nitrogen and oxygen atoms in total. The molecule has 3 rings (SSSR count). The molecule has 0 atom stereocenters. The average molecular weight is 358 g/mol. The maximum absolute atomic E-state index is 12.7. The number of nitro benzene ring substituents is 1. The Kier molecular flexibility index (Phi) is 4.01. The van der Waals surface area contributed by atoms with E-state index in [0.29, 0.717) is 10.9 Å². The van der Waals surface area contributed by atoms with Crippen molar-refractivity contribution >= 4 is 38.0 Å². The number of nitrogens with two attached hydrogens (primary N) is 1. The van der Waals surface area contributed by atoms with Gasteiger partial charge in [-0.05, 0) is 36.8 Å². The number of rotatable bonds is 4. The molecule has 9 heteroatoms. The quantitative estimate of drug-likeness (QED) is 0.419. The molecule has 0 amide bonds. The molecule has 1 heterocycles. The summed E-state index contributed by atoms with van der Waals surface area (Å²) in [4.78, 5) is 14.5. The third-order valence-corrected chi connectivity index (χ3v) is 4.99. The molecule has 2 aromatic carbocycles. The summed E-state index contributed by atoms with van der Waals surface area (Å²) in [6.45, 7) is 1.86. The van der Waals surface area contributed by atoms with E-state index in [1.165, 1.54) is 18.2 Å². The van der Waals surface area contributed by atoms with Crippen LogP contribution in [0.1, 0.15) is 5.56 Å². The number of sulfonamides is 1. The van der Waals surface area contributed by atoms with Crippen molar-refractivity contribution in [2.75, 3.05) is 10.5 Å². The Morgan fingerprint density at radius 1 is 1.20 bits per heavy atom. The number of aromatic nitrogens is 1. The van der Waals surface area contributed by atoms with Gasteiger partial charge < -0.3 is 5.73 Å². The van der Waals surface area contributed by atoms with Gasteiger partial charge in [0.05, 0.1) is 16.1 Å². The minimum absolute atomic E-state index is 0.00974. The van der Waals surface area contributed by atoms with Gasteiger partial charge in [-0.3, -0.25) is 19.8 Å². The van der Waals surface area contributed by atoms with E-state index in [-0.39, 0.29) is 22.0 Å². The number of anilines is 2. The molecule has 3 aromatic rings. The highest BCUT2D eigenvalue weighted by atomic mass is 32.2. The van der Waals surface area contributed by atoms with E-state index in [9.17, 15) is 18.5 Å². The lowest BCUT2D eigenvalue weighted by atomic mass is 10.2. The number of benzene rings is 2. The van der Waals surface area contributed by atoms with Gasteiger partial charge in [0.25, 0.3) is 15.7 Å². The fraction of sp³-hybridized carbons (Fsp3) is 0.0625. The Bertz CT molecular complexity index is 1100. The first kappa shape index (κ1) is 16.7. The van der Waals surface area contributed by atoms with E-state index in [1.807, 2.05) is 13.0 Å². The van der Waals surface area contributed by atoms with Crippen LogP contribution in [-0.4, -0.2) is 18.3 Å². The van der Waals surface area contributed by atoms with Gasteiger partial charge in [-0.1, -0.05) is 12.1 Å². The van der Waals surface area contributed by atoms with Crippen LogP contribution in [0.25, 0.3) is 10.9 Å². The van der Waals surface area contributed by atoms with Crippen LogP contribution in [0.3, 0.4) is 0 Å². The Balaban J connectivity index is 2.06. The molecule has 0 saturated heterocycles. The van der Waals surface area contributed by atoms with Crippen molar-refractivity contribution in [2.45, 2.75) is 11.8 Å². The molecule has 0 saturated carbocycles. The summed E-state index contributed by atoms with van der Waals surface area (Å²) in [5, 5.41) is 11.6. The fourth-order valence-electron chi connectivity index (χ4n) is 2.44. The van der Waals surface area contributed by atoms with Crippen LogP contribution < -0.4 is 10.5 Å². The molecular formula is C16H14N4O4S. The molecule has 0 spiro atoms. The van der Waals surface area contributed by atoms with Gasteiger partial charge in [0, 0.05) is 17.6 Å². The molecular weight excluding hydrogens is 344 g/mol.